The van der Waals surface area contributed by atoms with Crippen molar-refractivity contribution in [3.63, 3.8) is 0 Å². The topological polar surface area (TPSA) is 32.8 Å². The molecule has 1 aliphatic rings. The molecule has 0 aromatic rings. The smallest absolute Gasteiger partial charge is 0.250 e. The molecule has 0 aromatic carbocycles. The fourth-order valence-corrected chi connectivity index (χ4v) is 0.916. The van der Waals surface area contributed by atoms with E-state index in [4.69, 9.17) is 4.74 Å². The molecule has 0 aromatic heterocycles. The van der Waals surface area contributed by atoms with Gasteiger partial charge < -0.3 is 14.5 Å². The van der Waals surface area contributed by atoms with E-state index in [1.54, 1.807) is 4.90 Å². The maximum atomic E-state index is 11.0. The molecule has 1 heterocycles. The molecule has 0 bridgehead atoms. The summed E-state index contributed by atoms with van der Waals surface area (Å²) in [5, 5.41) is 0. The molecule has 0 saturated carbocycles. The van der Waals surface area contributed by atoms with E-state index in [1.165, 1.54) is 0 Å². The highest BCUT2D eigenvalue weighted by atomic mass is 16.5. The molecule has 0 spiro atoms. The van der Waals surface area contributed by atoms with Crippen LogP contribution in [0, 0.1) is 0 Å². The van der Waals surface area contributed by atoms with Crippen molar-refractivity contribution in [2.24, 2.45) is 0 Å². The average Bonchev–Trinajstić information content (AvgIpc) is 2.31. The van der Waals surface area contributed by atoms with Crippen molar-refractivity contribution < 1.29 is 9.53 Å². The van der Waals surface area contributed by atoms with E-state index >= 15 is 0 Å². The summed E-state index contributed by atoms with van der Waals surface area (Å²) < 4.78 is 4.96. The molecule has 0 unspecified atom stereocenters. The van der Waals surface area contributed by atoms with Crippen molar-refractivity contribution in [2.45, 2.75) is 0 Å². The Labute approximate surface area is 66.7 Å². The van der Waals surface area contributed by atoms with E-state index in [9.17, 15) is 4.79 Å². The van der Waals surface area contributed by atoms with Crippen LogP contribution in [0.3, 0.4) is 0 Å². The number of hydrogen-bond acceptors (Lipinski definition) is 3. The fourth-order valence-electron chi connectivity index (χ4n) is 0.916. The Kier molecular flexibility index (Phi) is 2.84. The zero-order chi connectivity index (χ0) is 8.27. The molecule has 1 aliphatic heterocycles. The van der Waals surface area contributed by atoms with Crippen molar-refractivity contribution >= 4 is 5.91 Å². The number of hydrogen-bond donors (Lipinski definition) is 0. The summed E-state index contributed by atoms with van der Waals surface area (Å²) in [5.74, 6) is 0.104. The minimum absolute atomic E-state index is 0.104. The standard InChI is InChI=1S/C7H14N2O2/c1-8(2)3-4-9-6-11-5-7(9)10/h3-6H2,1-2H3. The quantitative estimate of drug-likeness (QED) is 0.548. The van der Waals surface area contributed by atoms with Crippen LogP contribution in [0.4, 0.5) is 0 Å². The zero-order valence-corrected chi connectivity index (χ0v) is 7.04. The normalized spacial score (nSPS) is 18.5. The zero-order valence-electron chi connectivity index (χ0n) is 7.04. The lowest BCUT2D eigenvalue weighted by Crippen LogP contribution is -2.33. The molecular weight excluding hydrogens is 144 g/mol. The second-order valence-electron chi connectivity index (χ2n) is 2.94. The lowest BCUT2D eigenvalue weighted by molar-refractivity contribution is -0.126. The van der Waals surface area contributed by atoms with E-state index in [0.29, 0.717) is 6.73 Å². The van der Waals surface area contributed by atoms with Crippen molar-refractivity contribution in [1.29, 1.82) is 0 Å². The third-order valence-electron chi connectivity index (χ3n) is 1.64. The summed E-state index contributed by atoms with van der Waals surface area (Å²) in [6.07, 6.45) is 0. The van der Waals surface area contributed by atoms with Gasteiger partial charge in [0.1, 0.15) is 13.3 Å². The summed E-state index contributed by atoms with van der Waals surface area (Å²) in [5.41, 5.74) is 0. The molecule has 0 aliphatic carbocycles. The Bertz CT molecular complexity index is 147. The van der Waals surface area contributed by atoms with Gasteiger partial charge in [-0.3, -0.25) is 4.79 Å². The van der Waals surface area contributed by atoms with Gasteiger partial charge >= 0.3 is 0 Å². The molecule has 1 amide bonds. The lowest BCUT2D eigenvalue weighted by Gasteiger charge is -2.16. The Hall–Kier alpha value is -0.610. The molecule has 0 N–H and O–H groups in total. The predicted octanol–water partition coefficient (Wildman–Crippen LogP) is -0.636. The first-order valence-corrected chi connectivity index (χ1v) is 3.70. The van der Waals surface area contributed by atoms with Crippen LogP contribution in [0.2, 0.25) is 0 Å². The first-order chi connectivity index (χ1) is 5.20. The van der Waals surface area contributed by atoms with Crippen LogP contribution in [0.15, 0.2) is 0 Å². The second kappa shape index (κ2) is 3.69. The third kappa shape index (κ3) is 2.48. The minimum atomic E-state index is 0.104. The maximum Gasteiger partial charge on any atom is 0.250 e. The molecule has 11 heavy (non-hydrogen) atoms. The fraction of sp³-hybridized carbons (Fsp3) is 0.857. The largest absolute Gasteiger partial charge is 0.351 e. The van der Waals surface area contributed by atoms with Gasteiger partial charge in [-0.1, -0.05) is 0 Å². The average molecular weight is 158 g/mol. The van der Waals surface area contributed by atoms with Gasteiger partial charge in [0.15, 0.2) is 0 Å². The number of rotatable bonds is 3. The number of likely N-dealkylation sites (N-methyl/N-ethyl adjacent to an activating group) is 1. The Morgan fingerprint density at radius 2 is 2.36 bits per heavy atom. The Morgan fingerprint density at radius 1 is 1.64 bits per heavy atom. The SMILES string of the molecule is CN(C)CCN1COCC1=O. The van der Waals surface area contributed by atoms with Gasteiger partial charge in [-0.15, -0.1) is 0 Å². The Balaban J connectivity index is 2.20. The van der Waals surface area contributed by atoms with E-state index in [-0.39, 0.29) is 12.5 Å². The van der Waals surface area contributed by atoms with Crippen LogP contribution >= 0.6 is 0 Å². The highest BCUT2D eigenvalue weighted by Crippen LogP contribution is 1.99. The molecule has 0 atom stereocenters. The van der Waals surface area contributed by atoms with Crippen molar-refractivity contribution in [1.82, 2.24) is 9.80 Å². The molecule has 64 valence electrons. The van der Waals surface area contributed by atoms with E-state index in [1.807, 2.05) is 19.0 Å². The highest BCUT2D eigenvalue weighted by molar-refractivity contribution is 5.78. The summed E-state index contributed by atoms with van der Waals surface area (Å²) in [4.78, 5) is 14.7. The third-order valence-corrected chi connectivity index (χ3v) is 1.64. The number of carbonyl (C=O) groups excluding carboxylic acids is 1. The van der Waals surface area contributed by atoms with Crippen LogP contribution in [0.5, 0.6) is 0 Å². The van der Waals surface area contributed by atoms with Gasteiger partial charge in [-0.25, -0.2) is 0 Å². The van der Waals surface area contributed by atoms with Gasteiger partial charge in [0.2, 0.25) is 0 Å². The summed E-state index contributed by atoms with van der Waals surface area (Å²) >= 11 is 0. The molecule has 4 nitrogen and oxygen atoms in total. The lowest BCUT2D eigenvalue weighted by atomic mass is 10.5. The van der Waals surface area contributed by atoms with Crippen LogP contribution < -0.4 is 0 Å². The van der Waals surface area contributed by atoms with Crippen LogP contribution in [-0.2, 0) is 9.53 Å². The molecule has 0 radical (unpaired) electrons. The van der Waals surface area contributed by atoms with Gasteiger partial charge in [0.05, 0.1) is 0 Å². The van der Waals surface area contributed by atoms with E-state index in [2.05, 4.69) is 0 Å². The van der Waals surface area contributed by atoms with Gasteiger partial charge in [-0.05, 0) is 14.1 Å². The summed E-state index contributed by atoms with van der Waals surface area (Å²) in [6.45, 7) is 2.39. The van der Waals surface area contributed by atoms with Crippen LogP contribution in [-0.4, -0.2) is 56.2 Å². The molecule has 4 heteroatoms. The number of ether oxygens (including phenoxy) is 1. The van der Waals surface area contributed by atoms with Crippen LogP contribution in [0.1, 0.15) is 0 Å². The monoisotopic (exact) mass is 158 g/mol. The number of carbonyl (C=O) groups is 1. The van der Waals surface area contributed by atoms with Crippen molar-refractivity contribution in [2.75, 3.05) is 40.5 Å². The van der Waals surface area contributed by atoms with Crippen LogP contribution in [0.25, 0.3) is 0 Å². The summed E-state index contributed by atoms with van der Waals surface area (Å²) in [7, 11) is 3.98. The first kappa shape index (κ1) is 8.49. The first-order valence-electron chi connectivity index (χ1n) is 3.70. The maximum absolute atomic E-state index is 11.0. The molecule has 1 saturated heterocycles. The van der Waals surface area contributed by atoms with E-state index < -0.39 is 0 Å². The number of nitrogens with zero attached hydrogens (tertiary/aromatic N) is 2. The van der Waals surface area contributed by atoms with E-state index in [0.717, 1.165) is 13.1 Å². The van der Waals surface area contributed by atoms with Gasteiger partial charge in [-0.2, -0.15) is 0 Å². The molecular formula is C7H14N2O2. The van der Waals surface area contributed by atoms with Crippen molar-refractivity contribution in [3.05, 3.63) is 0 Å². The predicted molar refractivity (Wildman–Crippen MR) is 41.1 cm³/mol. The van der Waals surface area contributed by atoms with Gasteiger partial charge in [0, 0.05) is 13.1 Å². The highest BCUT2D eigenvalue weighted by Gasteiger charge is 2.19. The van der Waals surface area contributed by atoms with Crippen molar-refractivity contribution in [3.8, 4) is 0 Å². The van der Waals surface area contributed by atoms with Gasteiger partial charge in [0.25, 0.3) is 5.91 Å². The minimum Gasteiger partial charge on any atom is -0.351 e. The summed E-state index contributed by atoms with van der Waals surface area (Å²) in [6, 6.07) is 0. The number of amides is 1. The second-order valence-corrected chi connectivity index (χ2v) is 2.94. The molecule has 1 fully saturated rings. The molecule has 1 rings (SSSR count). The Morgan fingerprint density at radius 3 is 2.82 bits per heavy atom.